The minimum Gasteiger partial charge on any atom is -0.208 e. The third-order valence-corrected chi connectivity index (χ3v) is 8.58. The number of hydrogen-bond donors (Lipinski definition) is 2. The SMILES string of the molecule is O=S(=O)(NC1CCCC1)c1ccc(S(=O)(=O)NC2CCc3ccccc32)cc1. The summed E-state index contributed by atoms with van der Waals surface area (Å²) in [6.07, 6.45) is 5.31. The predicted octanol–water partition coefficient (Wildman–Crippen LogP) is 2.87. The van der Waals surface area contributed by atoms with Gasteiger partial charge in [0.15, 0.2) is 0 Å². The van der Waals surface area contributed by atoms with Crippen LogP contribution in [0, 0.1) is 0 Å². The van der Waals surface area contributed by atoms with E-state index in [0.29, 0.717) is 0 Å². The van der Waals surface area contributed by atoms with E-state index in [9.17, 15) is 16.8 Å². The molecule has 0 bridgehead atoms. The van der Waals surface area contributed by atoms with Crippen molar-refractivity contribution in [1.29, 1.82) is 0 Å². The van der Waals surface area contributed by atoms with Crippen LogP contribution in [0.25, 0.3) is 0 Å². The number of benzene rings is 2. The van der Waals surface area contributed by atoms with Crippen LogP contribution in [-0.2, 0) is 26.5 Å². The zero-order valence-electron chi connectivity index (χ0n) is 15.5. The van der Waals surface area contributed by atoms with Crippen molar-refractivity contribution in [2.75, 3.05) is 0 Å². The number of sulfonamides is 2. The molecule has 0 aliphatic heterocycles. The van der Waals surface area contributed by atoms with Crippen LogP contribution in [0.15, 0.2) is 58.3 Å². The second kappa shape index (κ2) is 7.59. The van der Waals surface area contributed by atoms with E-state index < -0.39 is 20.0 Å². The van der Waals surface area contributed by atoms with Gasteiger partial charge in [0.1, 0.15) is 0 Å². The maximum absolute atomic E-state index is 12.8. The van der Waals surface area contributed by atoms with Crippen LogP contribution in [0.2, 0.25) is 0 Å². The number of nitrogens with one attached hydrogen (secondary N) is 2. The van der Waals surface area contributed by atoms with Crippen LogP contribution in [0.5, 0.6) is 0 Å². The molecule has 1 saturated carbocycles. The Hall–Kier alpha value is -1.74. The van der Waals surface area contributed by atoms with E-state index in [1.165, 1.54) is 24.3 Å². The van der Waals surface area contributed by atoms with Gasteiger partial charge in [0.25, 0.3) is 0 Å². The molecule has 0 saturated heterocycles. The first-order valence-electron chi connectivity index (χ1n) is 9.58. The van der Waals surface area contributed by atoms with Gasteiger partial charge in [-0.05, 0) is 61.1 Å². The molecule has 0 heterocycles. The number of hydrogen-bond acceptors (Lipinski definition) is 4. The monoisotopic (exact) mass is 420 g/mol. The first kappa shape index (κ1) is 19.6. The Morgan fingerprint density at radius 2 is 1.29 bits per heavy atom. The molecule has 2 aromatic rings. The Balaban J connectivity index is 1.50. The van der Waals surface area contributed by atoms with Crippen molar-refractivity contribution in [3.63, 3.8) is 0 Å². The fraction of sp³-hybridized carbons (Fsp3) is 0.400. The summed E-state index contributed by atoms with van der Waals surface area (Å²) in [5.74, 6) is 0. The summed E-state index contributed by atoms with van der Waals surface area (Å²) in [7, 11) is -7.37. The summed E-state index contributed by atoms with van der Waals surface area (Å²) in [5.41, 5.74) is 2.17. The van der Waals surface area contributed by atoms with Crippen LogP contribution in [0.1, 0.15) is 49.3 Å². The highest BCUT2D eigenvalue weighted by atomic mass is 32.2. The molecule has 150 valence electrons. The van der Waals surface area contributed by atoms with Gasteiger partial charge in [0.05, 0.1) is 9.79 Å². The van der Waals surface area contributed by atoms with E-state index in [0.717, 1.165) is 49.7 Å². The van der Waals surface area contributed by atoms with Crippen molar-refractivity contribution >= 4 is 20.0 Å². The zero-order valence-corrected chi connectivity index (χ0v) is 17.1. The summed E-state index contributed by atoms with van der Waals surface area (Å²) in [5, 5.41) is 0. The van der Waals surface area contributed by atoms with Gasteiger partial charge in [-0.25, -0.2) is 26.3 Å². The zero-order chi connectivity index (χ0) is 19.8. The molecule has 8 heteroatoms. The summed E-state index contributed by atoms with van der Waals surface area (Å²) in [6, 6.07) is 12.9. The molecule has 1 atom stereocenters. The van der Waals surface area contributed by atoms with Crippen LogP contribution >= 0.6 is 0 Å². The van der Waals surface area contributed by atoms with Gasteiger partial charge in [-0.3, -0.25) is 0 Å². The largest absolute Gasteiger partial charge is 0.241 e. The van der Waals surface area contributed by atoms with Gasteiger partial charge < -0.3 is 0 Å². The number of aryl methyl sites for hydroxylation is 1. The second-order valence-corrected chi connectivity index (χ2v) is 10.9. The van der Waals surface area contributed by atoms with Crippen molar-refractivity contribution in [2.45, 2.75) is 60.4 Å². The number of rotatable bonds is 6. The Bertz CT molecular complexity index is 1060. The van der Waals surface area contributed by atoms with Crippen molar-refractivity contribution in [3.8, 4) is 0 Å². The lowest BCUT2D eigenvalue weighted by molar-refractivity contribution is 0.549. The van der Waals surface area contributed by atoms with Crippen molar-refractivity contribution in [3.05, 3.63) is 59.7 Å². The molecule has 6 nitrogen and oxygen atoms in total. The minimum atomic E-state index is -3.74. The Kier molecular flexibility index (Phi) is 5.30. The Morgan fingerprint density at radius 1 is 0.714 bits per heavy atom. The third kappa shape index (κ3) is 4.00. The van der Waals surface area contributed by atoms with E-state index in [4.69, 9.17) is 0 Å². The lowest BCUT2D eigenvalue weighted by atomic mass is 10.1. The van der Waals surface area contributed by atoms with Crippen LogP contribution in [-0.4, -0.2) is 22.9 Å². The average Bonchev–Trinajstić information content (AvgIpc) is 3.32. The molecular weight excluding hydrogens is 396 g/mol. The summed E-state index contributed by atoms with van der Waals surface area (Å²) < 4.78 is 56.0. The molecule has 0 aromatic heterocycles. The highest BCUT2D eigenvalue weighted by molar-refractivity contribution is 7.90. The molecule has 0 radical (unpaired) electrons. The van der Waals surface area contributed by atoms with Crippen molar-refractivity contribution < 1.29 is 16.8 Å². The minimum absolute atomic E-state index is 0.0301. The van der Waals surface area contributed by atoms with Crippen LogP contribution < -0.4 is 9.44 Å². The summed E-state index contributed by atoms with van der Waals surface area (Å²) in [4.78, 5) is 0.154. The molecule has 1 fully saturated rings. The third-order valence-electron chi connectivity index (χ3n) is 5.55. The highest BCUT2D eigenvalue weighted by Gasteiger charge is 2.28. The maximum atomic E-state index is 12.8. The molecule has 2 N–H and O–H groups in total. The van der Waals surface area contributed by atoms with Crippen LogP contribution in [0.4, 0.5) is 0 Å². The maximum Gasteiger partial charge on any atom is 0.241 e. The first-order chi connectivity index (χ1) is 13.4. The van der Waals surface area contributed by atoms with Crippen molar-refractivity contribution in [2.24, 2.45) is 0 Å². The molecule has 2 aliphatic rings. The van der Waals surface area contributed by atoms with Crippen LogP contribution in [0.3, 0.4) is 0 Å². The topological polar surface area (TPSA) is 92.3 Å². The normalized spacial score (nSPS) is 20.4. The van der Waals surface area contributed by atoms with Gasteiger partial charge in [-0.2, -0.15) is 0 Å². The molecule has 2 aliphatic carbocycles. The average molecular weight is 421 g/mol. The first-order valence-corrected chi connectivity index (χ1v) is 12.5. The van der Waals surface area contributed by atoms with Gasteiger partial charge in [0, 0.05) is 12.1 Å². The van der Waals surface area contributed by atoms with E-state index in [2.05, 4.69) is 9.44 Å². The highest BCUT2D eigenvalue weighted by Crippen LogP contribution is 2.32. The molecule has 2 aromatic carbocycles. The quantitative estimate of drug-likeness (QED) is 0.752. The lowest BCUT2D eigenvalue weighted by Gasteiger charge is -2.15. The number of fused-ring (bicyclic) bond motifs is 1. The summed E-state index contributed by atoms with van der Waals surface area (Å²) >= 11 is 0. The van der Waals surface area contributed by atoms with E-state index in [1.54, 1.807) is 0 Å². The standard InChI is InChI=1S/C20H24N2O4S2/c23-27(24,21-16-6-2-3-7-16)17-10-12-18(13-11-17)28(25,26)22-20-14-9-15-5-1-4-8-19(15)20/h1,4-5,8,10-13,16,20-22H,2-3,6-7,9,14H2. The van der Waals surface area contributed by atoms with E-state index in [-0.39, 0.29) is 21.9 Å². The lowest BCUT2D eigenvalue weighted by Crippen LogP contribution is -2.32. The molecule has 0 spiro atoms. The van der Waals surface area contributed by atoms with Gasteiger partial charge in [0.2, 0.25) is 20.0 Å². The predicted molar refractivity (Wildman–Crippen MR) is 107 cm³/mol. The Labute approximate surface area is 166 Å². The second-order valence-electron chi connectivity index (χ2n) is 7.49. The molecule has 0 amide bonds. The molecular formula is C20H24N2O4S2. The van der Waals surface area contributed by atoms with Gasteiger partial charge in [-0.1, -0.05) is 37.1 Å². The molecule has 1 unspecified atom stereocenters. The fourth-order valence-corrected chi connectivity index (χ4v) is 6.62. The fourth-order valence-electron chi connectivity index (χ4n) is 4.06. The smallest absolute Gasteiger partial charge is 0.208 e. The molecule has 28 heavy (non-hydrogen) atoms. The summed E-state index contributed by atoms with van der Waals surface area (Å²) in [6.45, 7) is 0. The van der Waals surface area contributed by atoms with E-state index in [1.807, 2.05) is 24.3 Å². The van der Waals surface area contributed by atoms with Crippen molar-refractivity contribution in [1.82, 2.24) is 9.44 Å². The van der Waals surface area contributed by atoms with E-state index >= 15 is 0 Å². The van der Waals surface area contributed by atoms with Gasteiger partial charge >= 0.3 is 0 Å². The molecule has 4 rings (SSSR count). The Morgan fingerprint density at radius 3 is 1.93 bits per heavy atom. The van der Waals surface area contributed by atoms with Gasteiger partial charge in [-0.15, -0.1) is 0 Å².